The minimum atomic E-state index is -0.0732. The lowest BCUT2D eigenvalue weighted by molar-refractivity contribution is 0.0953. The molecule has 24 heavy (non-hydrogen) atoms. The lowest BCUT2D eigenvalue weighted by Gasteiger charge is -2.08. The van der Waals surface area contributed by atoms with Crippen molar-refractivity contribution < 1.29 is 14.3 Å². The zero-order valence-electron chi connectivity index (χ0n) is 14.0. The summed E-state index contributed by atoms with van der Waals surface area (Å²) < 4.78 is 10.6. The SMILES string of the molecule is C=CCOc1ccc(C(=O)NCCCc2cccc(OC)c2)cc1. The number of rotatable bonds is 9. The Labute approximate surface area is 143 Å². The molecule has 0 heterocycles. The second-order valence-corrected chi connectivity index (χ2v) is 5.34. The molecule has 0 saturated carbocycles. The number of methoxy groups -OCH3 is 1. The van der Waals surface area contributed by atoms with Gasteiger partial charge >= 0.3 is 0 Å². The molecule has 0 fully saturated rings. The van der Waals surface area contributed by atoms with Gasteiger partial charge in [0.1, 0.15) is 18.1 Å². The Morgan fingerprint density at radius 1 is 1.17 bits per heavy atom. The van der Waals surface area contributed by atoms with E-state index in [0.29, 0.717) is 18.7 Å². The number of carbonyl (C=O) groups is 1. The summed E-state index contributed by atoms with van der Waals surface area (Å²) in [4.78, 5) is 12.1. The maximum absolute atomic E-state index is 12.1. The van der Waals surface area contributed by atoms with Gasteiger partial charge in [0, 0.05) is 12.1 Å². The largest absolute Gasteiger partial charge is 0.497 e. The first kappa shape index (κ1) is 17.6. The number of amides is 1. The highest BCUT2D eigenvalue weighted by Crippen LogP contribution is 2.14. The first-order valence-electron chi connectivity index (χ1n) is 7.98. The second kappa shape index (κ2) is 9.40. The Kier molecular flexibility index (Phi) is 6.90. The van der Waals surface area contributed by atoms with Gasteiger partial charge < -0.3 is 14.8 Å². The Morgan fingerprint density at radius 3 is 2.67 bits per heavy atom. The fourth-order valence-corrected chi connectivity index (χ4v) is 2.28. The summed E-state index contributed by atoms with van der Waals surface area (Å²) in [5.74, 6) is 1.51. The van der Waals surface area contributed by atoms with Gasteiger partial charge in [-0.25, -0.2) is 0 Å². The van der Waals surface area contributed by atoms with Gasteiger partial charge in [0.15, 0.2) is 0 Å². The summed E-state index contributed by atoms with van der Waals surface area (Å²) in [6.07, 6.45) is 3.45. The van der Waals surface area contributed by atoms with Gasteiger partial charge in [-0.05, 0) is 54.8 Å². The molecular weight excluding hydrogens is 302 g/mol. The van der Waals surface area contributed by atoms with Gasteiger partial charge in [-0.3, -0.25) is 4.79 Å². The molecule has 0 aliphatic carbocycles. The van der Waals surface area contributed by atoms with Crippen LogP contribution in [0.5, 0.6) is 11.5 Å². The van der Waals surface area contributed by atoms with E-state index in [9.17, 15) is 4.79 Å². The fraction of sp³-hybridized carbons (Fsp3) is 0.250. The number of hydrogen-bond donors (Lipinski definition) is 1. The van der Waals surface area contributed by atoms with E-state index in [4.69, 9.17) is 9.47 Å². The summed E-state index contributed by atoms with van der Waals surface area (Å²) in [6, 6.07) is 15.1. The highest BCUT2D eigenvalue weighted by atomic mass is 16.5. The Balaban J connectivity index is 1.75. The zero-order valence-corrected chi connectivity index (χ0v) is 14.0. The van der Waals surface area contributed by atoms with Crippen molar-refractivity contribution >= 4 is 5.91 Å². The van der Waals surface area contributed by atoms with Crippen LogP contribution in [0, 0.1) is 0 Å². The Morgan fingerprint density at radius 2 is 1.96 bits per heavy atom. The van der Waals surface area contributed by atoms with Crippen LogP contribution >= 0.6 is 0 Å². The zero-order chi connectivity index (χ0) is 17.2. The van der Waals surface area contributed by atoms with Crippen molar-refractivity contribution in [3.63, 3.8) is 0 Å². The summed E-state index contributed by atoms with van der Waals surface area (Å²) in [5.41, 5.74) is 1.83. The smallest absolute Gasteiger partial charge is 0.251 e. The van der Waals surface area contributed by atoms with E-state index in [-0.39, 0.29) is 5.91 Å². The van der Waals surface area contributed by atoms with Gasteiger partial charge in [0.25, 0.3) is 5.91 Å². The molecule has 0 unspecified atom stereocenters. The van der Waals surface area contributed by atoms with Crippen LogP contribution in [-0.4, -0.2) is 26.2 Å². The van der Waals surface area contributed by atoms with Crippen molar-refractivity contribution in [2.75, 3.05) is 20.3 Å². The van der Waals surface area contributed by atoms with E-state index in [1.54, 1.807) is 37.5 Å². The van der Waals surface area contributed by atoms with Crippen molar-refractivity contribution in [3.05, 3.63) is 72.3 Å². The second-order valence-electron chi connectivity index (χ2n) is 5.34. The van der Waals surface area contributed by atoms with Gasteiger partial charge in [0.2, 0.25) is 0 Å². The van der Waals surface area contributed by atoms with Crippen LogP contribution in [0.1, 0.15) is 22.3 Å². The Hall–Kier alpha value is -2.75. The van der Waals surface area contributed by atoms with Crippen molar-refractivity contribution in [1.82, 2.24) is 5.32 Å². The summed E-state index contributed by atoms with van der Waals surface area (Å²) >= 11 is 0. The predicted octanol–water partition coefficient (Wildman–Crippen LogP) is 3.62. The normalized spacial score (nSPS) is 10.0. The maximum atomic E-state index is 12.1. The summed E-state index contributed by atoms with van der Waals surface area (Å²) in [7, 11) is 1.66. The highest BCUT2D eigenvalue weighted by Gasteiger charge is 2.05. The van der Waals surface area contributed by atoms with Crippen LogP contribution in [-0.2, 0) is 6.42 Å². The number of aryl methyl sites for hydroxylation is 1. The van der Waals surface area contributed by atoms with E-state index in [2.05, 4.69) is 18.0 Å². The van der Waals surface area contributed by atoms with Gasteiger partial charge in [-0.15, -0.1) is 0 Å². The van der Waals surface area contributed by atoms with E-state index in [0.717, 1.165) is 24.3 Å². The molecule has 0 aliphatic rings. The van der Waals surface area contributed by atoms with Gasteiger partial charge in [-0.2, -0.15) is 0 Å². The molecular formula is C20H23NO3. The van der Waals surface area contributed by atoms with E-state index >= 15 is 0 Å². The molecule has 2 aromatic rings. The lowest BCUT2D eigenvalue weighted by atomic mass is 10.1. The molecule has 0 radical (unpaired) electrons. The molecule has 1 N–H and O–H groups in total. The first-order chi connectivity index (χ1) is 11.7. The fourth-order valence-electron chi connectivity index (χ4n) is 2.28. The lowest BCUT2D eigenvalue weighted by Crippen LogP contribution is -2.24. The highest BCUT2D eigenvalue weighted by molar-refractivity contribution is 5.94. The van der Waals surface area contributed by atoms with E-state index in [1.165, 1.54) is 5.56 Å². The minimum Gasteiger partial charge on any atom is -0.497 e. The molecule has 1 amide bonds. The molecule has 4 nitrogen and oxygen atoms in total. The monoisotopic (exact) mass is 325 g/mol. The van der Waals surface area contributed by atoms with E-state index < -0.39 is 0 Å². The number of hydrogen-bond acceptors (Lipinski definition) is 3. The van der Waals surface area contributed by atoms with E-state index in [1.807, 2.05) is 18.2 Å². The van der Waals surface area contributed by atoms with Crippen LogP contribution in [0.4, 0.5) is 0 Å². The first-order valence-corrected chi connectivity index (χ1v) is 7.98. The quantitative estimate of drug-likeness (QED) is 0.566. The molecule has 0 aliphatic heterocycles. The van der Waals surface area contributed by atoms with Crippen LogP contribution < -0.4 is 14.8 Å². The van der Waals surface area contributed by atoms with Crippen molar-refractivity contribution in [2.24, 2.45) is 0 Å². The standard InChI is InChI=1S/C20H23NO3/c1-3-14-24-18-11-9-17(10-12-18)20(22)21-13-5-7-16-6-4-8-19(15-16)23-2/h3-4,6,8-12,15H,1,5,7,13-14H2,2H3,(H,21,22). The molecule has 0 saturated heterocycles. The molecule has 0 spiro atoms. The van der Waals surface area contributed by atoms with Crippen molar-refractivity contribution in [3.8, 4) is 11.5 Å². The molecule has 4 heteroatoms. The number of ether oxygens (including phenoxy) is 2. The van der Waals surface area contributed by atoms with Crippen molar-refractivity contribution in [1.29, 1.82) is 0 Å². The third-order valence-corrected chi connectivity index (χ3v) is 3.55. The maximum Gasteiger partial charge on any atom is 0.251 e. The number of carbonyl (C=O) groups excluding carboxylic acids is 1. The van der Waals surface area contributed by atoms with Gasteiger partial charge in [0.05, 0.1) is 7.11 Å². The van der Waals surface area contributed by atoms with Crippen LogP contribution in [0.25, 0.3) is 0 Å². The minimum absolute atomic E-state index is 0.0732. The summed E-state index contributed by atoms with van der Waals surface area (Å²) in [5, 5.41) is 2.93. The third kappa shape index (κ3) is 5.47. The molecule has 0 bridgehead atoms. The topological polar surface area (TPSA) is 47.6 Å². The van der Waals surface area contributed by atoms with Crippen LogP contribution in [0.15, 0.2) is 61.2 Å². The molecule has 2 aromatic carbocycles. The number of benzene rings is 2. The molecule has 126 valence electrons. The average molecular weight is 325 g/mol. The average Bonchev–Trinajstić information content (AvgIpc) is 2.64. The van der Waals surface area contributed by atoms with Crippen LogP contribution in [0.2, 0.25) is 0 Å². The molecule has 2 rings (SSSR count). The predicted molar refractivity (Wildman–Crippen MR) is 95.8 cm³/mol. The molecule has 0 aromatic heterocycles. The summed E-state index contributed by atoms with van der Waals surface area (Å²) in [6.45, 7) is 4.68. The number of nitrogens with one attached hydrogen (secondary N) is 1. The molecule has 0 atom stereocenters. The van der Waals surface area contributed by atoms with Gasteiger partial charge in [-0.1, -0.05) is 24.8 Å². The Bertz CT molecular complexity index is 665. The van der Waals surface area contributed by atoms with Crippen LogP contribution in [0.3, 0.4) is 0 Å². The third-order valence-electron chi connectivity index (χ3n) is 3.55. The van der Waals surface area contributed by atoms with Crippen molar-refractivity contribution in [2.45, 2.75) is 12.8 Å².